The van der Waals surface area contributed by atoms with E-state index in [4.69, 9.17) is 5.73 Å². The van der Waals surface area contributed by atoms with Gasteiger partial charge in [0.15, 0.2) is 0 Å². The number of nitrogens with one attached hydrogen (secondary N) is 2. The van der Waals surface area contributed by atoms with Crippen molar-refractivity contribution in [2.45, 2.75) is 37.9 Å². The summed E-state index contributed by atoms with van der Waals surface area (Å²) in [5.41, 5.74) is 9.13. The molecule has 0 unspecified atom stereocenters. The summed E-state index contributed by atoms with van der Waals surface area (Å²) >= 11 is 2.29. The largest absolute Gasteiger partial charge is 0.339 e. The average molecular weight is 450 g/mol. The molecule has 132 valence electrons. The fraction of sp³-hybridized carbons (Fsp3) is 0.368. The average Bonchev–Trinajstić information content (AvgIpc) is 2.64. The summed E-state index contributed by atoms with van der Waals surface area (Å²) in [6, 6.07) is 12.2. The van der Waals surface area contributed by atoms with Crippen molar-refractivity contribution in [1.29, 1.82) is 0 Å². The highest BCUT2D eigenvalue weighted by Gasteiger charge is 2.21. The van der Waals surface area contributed by atoms with Gasteiger partial charge in [-0.25, -0.2) is 0 Å². The summed E-state index contributed by atoms with van der Waals surface area (Å²) in [5, 5.41) is 6.14. The van der Waals surface area contributed by atoms with Crippen LogP contribution in [0.15, 0.2) is 42.6 Å². The lowest BCUT2D eigenvalue weighted by molar-refractivity contribution is -0.124. The summed E-state index contributed by atoms with van der Waals surface area (Å²) in [4.78, 5) is 16.7. The van der Waals surface area contributed by atoms with Gasteiger partial charge in [0.1, 0.15) is 0 Å². The molecule has 0 radical (unpaired) electrons. The number of pyridine rings is 1. The SMILES string of the molecule is N[C@H](Cc1ccc(-c2ccc(I)cc2)nc1)NC(=O)[C@@H]1CCCCN1. The molecule has 25 heavy (non-hydrogen) atoms. The van der Waals surface area contributed by atoms with Crippen LogP contribution in [0.5, 0.6) is 0 Å². The summed E-state index contributed by atoms with van der Waals surface area (Å²) in [7, 11) is 0. The van der Waals surface area contributed by atoms with Gasteiger partial charge in [-0.15, -0.1) is 0 Å². The molecule has 4 N–H and O–H groups in total. The van der Waals surface area contributed by atoms with Crippen LogP contribution in [0.2, 0.25) is 0 Å². The number of amides is 1. The Labute approximate surface area is 161 Å². The number of hydrogen-bond acceptors (Lipinski definition) is 4. The highest BCUT2D eigenvalue weighted by atomic mass is 127. The van der Waals surface area contributed by atoms with E-state index in [1.165, 1.54) is 3.57 Å². The third-order valence-electron chi connectivity index (χ3n) is 4.37. The maximum atomic E-state index is 12.2. The Morgan fingerprint density at radius 1 is 1.28 bits per heavy atom. The first-order valence-electron chi connectivity index (χ1n) is 8.62. The highest BCUT2D eigenvalue weighted by Crippen LogP contribution is 2.18. The van der Waals surface area contributed by atoms with Crippen LogP contribution in [0.1, 0.15) is 24.8 Å². The molecule has 0 aliphatic carbocycles. The molecule has 1 aromatic heterocycles. The summed E-state index contributed by atoms with van der Waals surface area (Å²) in [6.07, 6.45) is 5.10. The second-order valence-corrected chi connectivity index (χ2v) is 7.63. The predicted molar refractivity (Wildman–Crippen MR) is 108 cm³/mol. The Bertz CT molecular complexity index is 696. The van der Waals surface area contributed by atoms with Gasteiger partial charge in [0, 0.05) is 21.8 Å². The smallest absolute Gasteiger partial charge is 0.238 e. The molecular weight excluding hydrogens is 427 g/mol. The molecule has 2 aromatic rings. The van der Waals surface area contributed by atoms with Crippen LogP contribution in [0.4, 0.5) is 0 Å². The lowest BCUT2D eigenvalue weighted by Gasteiger charge is -2.24. The van der Waals surface area contributed by atoms with E-state index in [9.17, 15) is 4.79 Å². The van der Waals surface area contributed by atoms with Crippen LogP contribution in [-0.4, -0.2) is 29.6 Å². The third kappa shape index (κ3) is 5.23. The number of halogens is 1. The number of aromatic nitrogens is 1. The Morgan fingerprint density at radius 3 is 2.72 bits per heavy atom. The van der Waals surface area contributed by atoms with E-state index in [0.717, 1.165) is 42.6 Å². The van der Waals surface area contributed by atoms with Crippen LogP contribution in [0.25, 0.3) is 11.3 Å². The van der Waals surface area contributed by atoms with E-state index in [1.807, 2.05) is 18.3 Å². The molecule has 2 heterocycles. The van der Waals surface area contributed by atoms with Gasteiger partial charge >= 0.3 is 0 Å². The van der Waals surface area contributed by atoms with E-state index >= 15 is 0 Å². The van der Waals surface area contributed by atoms with Crippen LogP contribution in [-0.2, 0) is 11.2 Å². The van der Waals surface area contributed by atoms with Crippen molar-refractivity contribution in [1.82, 2.24) is 15.6 Å². The van der Waals surface area contributed by atoms with Gasteiger partial charge in [0.2, 0.25) is 5.91 Å². The molecule has 1 fully saturated rings. The first-order valence-corrected chi connectivity index (χ1v) is 9.70. The lowest BCUT2D eigenvalue weighted by Crippen LogP contribution is -2.52. The van der Waals surface area contributed by atoms with E-state index in [0.29, 0.717) is 6.42 Å². The van der Waals surface area contributed by atoms with Gasteiger partial charge in [0.05, 0.1) is 17.9 Å². The first-order chi connectivity index (χ1) is 12.1. The quantitative estimate of drug-likeness (QED) is 0.483. The minimum atomic E-state index is -0.401. The zero-order chi connectivity index (χ0) is 17.6. The van der Waals surface area contributed by atoms with E-state index in [-0.39, 0.29) is 11.9 Å². The fourth-order valence-corrected chi connectivity index (χ4v) is 3.36. The van der Waals surface area contributed by atoms with Gasteiger partial charge in [-0.3, -0.25) is 9.78 Å². The number of nitrogens with two attached hydrogens (primary N) is 1. The predicted octanol–water partition coefficient (Wildman–Crippen LogP) is 2.44. The summed E-state index contributed by atoms with van der Waals surface area (Å²) < 4.78 is 1.20. The second-order valence-electron chi connectivity index (χ2n) is 6.38. The molecule has 3 rings (SSSR count). The normalized spacial score (nSPS) is 18.6. The number of benzene rings is 1. The number of rotatable bonds is 5. The molecule has 6 heteroatoms. The minimum Gasteiger partial charge on any atom is -0.339 e. The second kappa shape index (κ2) is 8.73. The van der Waals surface area contributed by atoms with E-state index in [2.05, 4.69) is 62.5 Å². The van der Waals surface area contributed by atoms with Crippen molar-refractivity contribution >= 4 is 28.5 Å². The maximum absolute atomic E-state index is 12.2. The molecule has 1 amide bonds. The zero-order valence-electron chi connectivity index (χ0n) is 14.0. The molecule has 1 aromatic carbocycles. The molecule has 5 nitrogen and oxygen atoms in total. The van der Waals surface area contributed by atoms with Crippen molar-refractivity contribution in [3.63, 3.8) is 0 Å². The Balaban J connectivity index is 1.55. The highest BCUT2D eigenvalue weighted by molar-refractivity contribution is 14.1. The fourth-order valence-electron chi connectivity index (χ4n) is 3.00. The van der Waals surface area contributed by atoms with Gasteiger partial charge < -0.3 is 16.4 Å². The number of carbonyl (C=O) groups is 1. The molecule has 2 atom stereocenters. The van der Waals surface area contributed by atoms with Gasteiger partial charge in [-0.1, -0.05) is 24.6 Å². The van der Waals surface area contributed by atoms with Crippen LogP contribution < -0.4 is 16.4 Å². The Morgan fingerprint density at radius 2 is 2.08 bits per heavy atom. The molecule has 0 saturated carbocycles. The van der Waals surface area contributed by atoms with Gasteiger partial charge in [0.25, 0.3) is 0 Å². The molecule has 1 aliphatic heterocycles. The molecule has 0 bridgehead atoms. The van der Waals surface area contributed by atoms with Crippen LogP contribution in [0, 0.1) is 3.57 Å². The van der Waals surface area contributed by atoms with Crippen molar-refractivity contribution in [2.24, 2.45) is 5.73 Å². The van der Waals surface area contributed by atoms with Gasteiger partial charge in [-0.05, 0) is 65.7 Å². The zero-order valence-corrected chi connectivity index (χ0v) is 16.2. The maximum Gasteiger partial charge on any atom is 0.238 e. The van der Waals surface area contributed by atoms with E-state index in [1.54, 1.807) is 0 Å². The molecule has 1 aliphatic rings. The molecule has 0 spiro atoms. The Hall–Kier alpha value is -1.51. The number of piperidine rings is 1. The number of carbonyl (C=O) groups excluding carboxylic acids is 1. The molecule has 1 saturated heterocycles. The monoisotopic (exact) mass is 450 g/mol. The van der Waals surface area contributed by atoms with Crippen molar-refractivity contribution in [3.05, 3.63) is 51.7 Å². The summed E-state index contributed by atoms with van der Waals surface area (Å²) in [6.45, 7) is 0.900. The van der Waals surface area contributed by atoms with Crippen LogP contribution >= 0.6 is 22.6 Å². The topological polar surface area (TPSA) is 80.0 Å². The van der Waals surface area contributed by atoms with E-state index < -0.39 is 6.17 Å². The van der Waals surface area contributed by atoms with Gasteiger partial charge in [-0.2, -0.15) is 0 Å². The Kier molecular flexibility index (Phi) is 6.39. The minimum absolute atomic E-state index is 0.00401. The third-order valence-corrected chi connectivity index (χ3v) is 5.09. The van der Waals surface area contributed by atoms with Crippen molar-refractivity contribution in [3.8, 4) is 11.3 Å². The first kappa shape index (κ1) is 18.3. The van der Waals surface area contributed by atoms with Crippen molar-refractivity contribution in [2.75, 3.05) is 6.54 Å². The number of hydrogen-bond donors (Lipinski definition) is 3. The van der Waals surface area contributed by atoms with Crippen molar-refractivity contribution < 1.29 is 4.79 Å². The lowest BCUT2D eigenvalue weighted by atomic mass is 10.0. The summed E-state index contributed by atoms with van der Waals surface area (Å²) in [5.74, 6) is -0.00401. The number of nitrogens with zero attached hydrogens (tertiary/aromatic N) is 1. The standard InChI is InChI=1S/C19H23IN4O/c20-15-7-5-14(6-8-15)16-9-4-13(12-23-16)11-18(21)24-19(25)17-3-1-2-10-22-17/h4-9,12,17-18,22H,1-3,10-11,21H2,(H,24,25)/t17-,18-/m0/s1. The molecular formula is C19H23IN4O. The van der Waals surface area contributed by atoms with Crippen LogP contribution in [0.3, 0.4) is 0 Å².